The topological polar surface area (TPSA) is 87.3 Å². The number of hydrogen-bond acceptors (Lipinski definition) is 4. The Bertz CT molecular complexity index is 1900. The van der Waals surface area contributed by atoms with E-state index in [1.807, 2.05) is 73.7 Å². The van der Waals surface area contributed by atoms with Gasteiger partial charge >= 0.3 is 0 Å². The largest absolute Gasteiger partial charge is 0.324 e. The van der Waals surface area contributed by atoms with E-state index in [-0.39, 0.29) is 11.6 Å². The molecule has 0 aromatic heterocycles. The smallest absolute Gasteiger partial charge is 0.272 e. The number of carbonyl (C=O) groups excluding carboxylic acids is 3. The van der Waals surface area contributed by atoms with E-state index in [0.29, 0.717) is 33.4 Å². The van der Waals surface area contributed by atoms with Gasteiger partial charge in [-0.1, -0.05) is 109 Å². The molecule has 0 aliphatic carbocycles. The Morgan fingerprint density at radius 1 is 0.745 bits per heavy atom. The molecule has 5 rings (SSSR count). The molecule has 5 aromatic carbocycles. The van der Waals surface area contributed by atoms with Crippen molar-refractivity contribution in [1.29, 1.82) is 0 Å². The molecule has 0 saturated carbocycles. The van der Waals surface area contributed by atoms with E-state index in [9.17, 15) is 14.4 Å². The van der Waals surface area contributed by atoms with E-state index in [1.165, 1.54) is 11.8 Å². The monoisotopic (exact) mass is 679 g/mol. The summed E-state index contributed by atoms with van der Waals surface area (Å²) < 4.78 is 0. The molecule has 0 heterocycles. The fraction of sp³-hybridized carbons (Fsp3) is 0.0789. The van der Waals surface area contributed by atoms with Gasteiger partial charge in [0.2, 0.25) is 5.91 Å². The number of thioether (sulfide) groups is 1. The number of benzene rings is 5. The van der Waals surface area contributed by atoms with Gasteiger partial charge in [0.1, 0.15) is 5.70 Å². The highest BCUT2D eigenvalue weighted by Gasteiger charge is 2.20. The summed E-state index contributed by atoms with van der Waals surface area (Å²) in [4.78, 5) is 40.6. The molecule has 1 atom stereocenters. The number of rotatable bonds is 11. The summed E-state index contributed by atoms with van der Waals surface area (Å²) in [5, 5.41) is 8.96. The number of hydrogen-bond donors (Lipinski definition) is 3. The van der Waals surface area contributed by atoms with Crippen molar-refractivity contribution in [3.05, 3.63) is 154 Å². The van der Waals surface area contributed by atoms with Crippen molar-refractivity contribution in [3.8, 4) is 11.1 Å². The third-order valence-corrected chi connectivity index (χ3v) is 8.99. The lowest BCUT2D eigenvalue weighted by Gasteiger charge is -2.16. The zero-order chi connectivity index (χ0) is 33.2. The molecule has 3 N–H and O–H groups in total. The standard InChI is InChI=1S/C38H31Cl2N3O3S/c1-2-35(38(46)42-33-21-20-29(39)23-32(33)40)47-31-15-9-14-30(24-31)41-37(45)34(43-36(44)28-12-7-4-8-13-28)22-25-16-18-27(19-17-25)26-10-5-3-6-11-26/h3-24,35H,2H2,1H3,(H,41,45)(H,42,46)(H,43,44)/b34-22+. The van der Waals surface area contributed by atoms with Crippen molar-refractivity contribution in [3.63, 3.8) is 0 Å². The molecule has 0 spiro atoms. The van der Waals surface area contributed by atoms with E-state index in [1.54, 1.807) is 66.7 Å². The third-order valence-electron chi connectivity index (χ3n) is 7.08. The van der Waals surface area contributed by atoms with Crippen molar-refractivity contribution in [2.75, 3.05) is 10.6 Å². The SMILES string of the molecule is CCC(Sc1cccc(NC(=O)/C(=C\c2ccc(-c3ccccc3)cc2)NC(=O)c2ccccc2)c1)C(=O)Nc1ccc(Cl)cc1Cl. The molecule has 0 saturated heterocycles. The van der Waals surface area contributed by atoms with Gasteiger partial charge in [-0.2, -0.15) is 0 Å². The Morgan fingerprint density at radius 2 is 1.43 bits per heavy atom. The second kappa shape index (κ2) is 16.1. The highest BCUT2D eigenvalue weighted by molar-refractivity contribution is 8.00. The second-order valence-electron chi connectivity index (χ2n) is 10.5. The Labute approximate surface area is 288 Å². The normalized spacial score (nSPS) is 11.8. The molecular formula is C38H31Cl2N3O3S. The lowest BCUT2D eigenvalue weighted by atomic mass is 10.0. The first-order valence-corrected chi connectivity index (χ1v) is 16.5. The number of anilines is 2. The van der Waals surface area contributed by atoms with Crippen LogP contribution in [0.15, 0.2) is 138 Å². The van der Waals surface area contributed by atoms with E-state index in [0.717, 1.165) is 21.6 Å². The molecule has 236 valence electrons. The Balaban J connectivity index is 1.33. The summed E-state index contributed by atoms with van der Waals surface area (Å²) >= 11 is 13.6. The van der Waals surface area contributed by atoms with Crippen molar-refractivity contribution < 1.29 is 14.4 Å². The van der Waals surface area contributed by atoms with Gasteiger partial charge in [-0.3, -0.25) is 14.4 Å². The summed E-state index contributed by atoms with van der Waals surface area (Å²) in [6.07, 6.45) is 2.20. The maximum Gasteiger partial charge on any atom is 0.272 e. The fourth-order valence-electron chi connectivity index (χ4n) is 4.65. The van der Waals surface area contributed by atoms with Gasteiger partial charge in [0.25, 0.3) is 11.8 Å². The maximum absolute atomic E-state index is 13.6. The van der Waals surface area contributed by atoms with E-state index >= 15 is 0 Å². The van der Waals surface area contributed by atoms with E-state index in [2.05, 4.69) is 16.0 Å². The maximum atomic E-state index is 13.6. The molecule has 47 heavy (non-hydrogen) atoms. The van der Waals surface area contributed by atoms with Gasteiger partial charge in [-0.05, 0) is 77.7 Å². The second-order valence-corrected chi connectivity index (χ2v) is 12.6. The van der Waals surface area contributed by atoms with Gasteiger partial charge in [0.05, 0.1) is 16.0 Å². The third kappa shape index (κ3) is 9.36. The first-order chi connectivity index (χ1) is 22.8. The minimum Gasteiger partial charge on any atom is -0.324 e. The Hall–Kier alpha value is -4.82. The van der Waals surface area contributed by atoms with Gasteiger partial charge in [0.15, 0.2) is 0 Å². The van der Waals surface area contributed by atoms with Crippen LogP contribution in [0.1, 0.15) is 29.3 Å². The minimum absolute atomic E-state index is 0.0787. The zero-order valence-corrected chi connectivity index (χ0v) is 27.7. The Morgan fingerprint density at radius 3 is 2.11 bits per heavy atom. The van der Waals surface area contributed by atoms with Crippen LogP contribution in [0.25, 0.3) is 17.2 Å². The highest BCUT2D eigenvalue weighted by atomic mass is 35.5. The van der Waals surface area contributed by atoms with Crippen LogP contribution in [0.3, 0.4) is 0 Å². The minimum atomic E-state index is -0.495. The van der Waals surface area contributed by atoms with Crippen molar-refractivity contribution in [1.82, 2.24) is 5.32 Å². The fourth-order valence-corrected chi connectivity index (χ4v) is 6.12. The van der Waals surface area contributed by atoms with Crippen molar-refractivity contribution >= 4 is 70.1 Å². The number of halogens is 2. The van der Waals surface area contributed by atoms with Crippen LogP contribution in [0, 0.1) is 0 Å². The summed E-state index contributed by atoms with van der Waals surface area (Å²) in [5.74, 6) is -1.11. The van der Waals surface area contributed by atoms with Gasteiger partial charge in [-0.15, -0.1) is 11.8 Å². The van der Waals surface area contributed by atoms with Gasteiger partial charge in [0, 0.05) is 21.2 Å². The molecule has 5 aromatic rings. The van der Waals surface area contributed by atoms with Crippen LogP contribution in [0.5, 0.6) is 0 Å². The first kappa shape index (κ1) is 33.5. The molecule has 0 fully saturated rings. The van der Waals surface area contributed by atoms with Crippen LogP contribution in [-0.4, -0.2) is 23.0 Å². The predicted molar refractivity (Wildman–Crippen MR) is 194 cm³/mol. The van der Waals surface area contributed by atoms with Crippen LogP contribution in [0.2, 0.25) is 10.0 Å². The van der Waals surface area contributed by atoms with Crippen LogP contribution >= 0.6 is 35.0 Å². The molecular weight excluding hydrogens is 649 g/mol. The molecule has 9 heteroatoms. The average molecular weight is 681 g/mol. The van der Waals surface area contributed by atoms with Crippen molar-refractivity contribution in [2.45, 2.75) is 23.5 Å². The first-order valence-electron chi connectivity index (χ1n) is 14.9. The van der Waals surface area contributed by atoms with E-state index < -0.39 is 17.1 Å². The van der Waals surface area contributed by atoms with E-state index in [4.69, 9.17) is 23.2 Å². The summed E-state index contributed by atoms with van der Waals surface area (Å²) in [7, 11) is 0. The molecule has 3 amide bonds. The summed E-state index contributed by atoms with van der Waals surface area (Å²) in [6.45, 7) is 1.92. The molecule has 0 aliphatic rings. The summed E-state index contributed by atoms with van der Waals surface area (Å²) in [5.41, 5.74) is 4.34. The average Bonchev–Trinajstić information content (AvgIpc) is 3.09. The lowest BCUT2D eigenvalue weighted by molar-refractivity contribution is -0.116. The Kier molecular flexibility index (Phi) is 11.5. The van der Waals surface area contributed by atoms with Gasteiger partial charge < -0.3 is 16.0 Å². The number of amides is 3. The number of carbonyl (C=O) groups is 3. The molecule has 6 nitrogen and oxygen atoms in total. The quantitative estimate of drug-likeness (QED) is 0.0958. The lowest BCUT2D eigenvalue weighted by Crippen LogP contribution is -2.30. The summed E-state index contributed by atoms with van der Waals surface area (Å²) in [6, 6.07) is 38.5. The van der Waals surface area contributed by atoms with Crippen LogP contribution < -0.4 is 16.0 Å². The molecule has 0 bridgehead atoms. The van der Waals surface area contributed by atoms with Crippen molar-refractivity contribution in [2.24, 2.45) is 0 Å². The van der Waals surface area contributed by atoms with Crippen LogP contribution in [-0.2, 0) is 9.59 Å². The predicted octanol–water partition coefficient (Wildman–Crippen LogP) is 9.58. The van der Waals surface area contributed by atoms with Crippen LogP contribution in [0.4, 0.5) is 11.4 Å². The molecule has 1 unspecified atom stereocenters. The van der Waals surface area contributed by atoms with Gasteiger partial charge in [-0.25, -0.2) is 0 Å². The molecule has 0 aliphatic heterocycles. The highest BCUT2D eigenvalue weighted by Crippen LogP contribution is 2.31. The molecule has 0 radical (unpaired) electrons. The zero-order valence-electron chi connectivity index (χ0n) is 25.4. The number of nitrogens with one attached hydrogen (secondary N) is 3.